The van der Waals surface area contributed by atoms with E-state index in [9.17, 15) is 35.7 Å². The summed E-state index contributed by atoms with van der Waals surface area (Å²) >= 11 is 0. The Morgan fingerprint density at radius 2 is 1.34 bits per heavy atom. The van der Waals surface area contributed by atoms with Gasteiger partial charge in [0.25, 0.3) is 0 Å². The van der Waals surface area contributed by atoms with Crippen LogP contribution in [0.2, 0.25) is 0 Å². The maximum atomic E-state index is 10.3. The van der Waals surface area contributed by atoms with E-state index in [0.29, 0.717) is 12.2 Å². The Morgan fingerprint density at radius 3 is 1.94 bits per heavy atom. The van der Waals surface area contributed by atoms with Crippen LogP contribution in [0, 0.1) is 0 Å². The molecule has 11 nitrogen and oxygen atoms in total. The van der Waals surface area contributed by atoms with Crippen molar-refractivity contribution in [1.29, 1.82) is 0 Å². The van der Waals surface area contributed by atoms with Crippen molar-refractivity contribution in [3.8, 4) is 5.75 Å². The number of rotatable bonds is 8. The topological polar surface area (TPSA) is 179 Å². The quantitative estimate of drug-likeness (QED) is 0.203. The zero-order valence-corrected chi connectivity index (χ0v) is 17.3. The van der Waals surface area contributed by atoms with Crippen LogP contribution in [0.5, 0.6) is 5.75 Å². The average Bonchev–Trinajstić information content (AvgIpc) is 2.79. The molecular weight excluding hydrogens is 428 g/mol. The number of allylic oxidation sites excluding steroid dienone is 1. The molecule has 0 saturated carbocycles. The van der Waals surface area contributed by atoms with Crippen LogP contribution in [0.1, 0.15) is 5.56 Å². The van der Waals surface area contributed by atoms with Crippen LogP contribution in [0.3, 0.4) is 0 Å². The normalized spacial score (nSPS) is 40.1. The molecule has 0 aliphatic carbocycles. The largest absolute Gasteiger partial charge is 0.462 e. The van der Waals surface area contributed by atoms with Crippen molar-refractivity contribution in [2.24, 2.45) is 0 Å². The molecule has 2 heterocycles. The maximum absolute atomic E-state index is 10.3. The molecule has 180 valence electrons. The first-order chi connectivity index (χ1) is 15.3. The van der Waals surface area contributed by atoms with Crippen molar-refractivity contribution in [3.63, 3.8) is 0 Å². The molecule has 3 rings (SSSR count). The summed E-state index contributed by atoms with van der Waals surface area (Å²) in [5, 5.41) is 69.7. The number of benzene rings is 1. The van der Waals surface area contributed by atoms with Crippen LogP contribution in [-0.2, 0) is 20.6 Å². The zero-order chi connectivity index (χ0) is 23.4. The summed E-state index contributed by atoms with van der Waals surface area (Å²) in [6, 6.07) is 6.92. The summed E-state index contributed by atoms with van der Waals surface area (Å²) in [4.78, 5) is 0. The van der Waals surface area contributed by atoms with Gasteiger partial charge in [-0.2, -0.15) is 0 Å². The molecule has 1 aromatic carbocycles. The van der Waals surface area contributed by atoms with Crippen LogP contribution >= 0.6 is 0 Å². The minimum absolute atomic E-state index is 0.360. The van der Waals surface area contributed by atoms with Gasteiger partial charge in [-0.15, -0.1) is 6.58 Å². The van der Waals surface area contributed by atoms with Gasteiger partial charge in [-0.05, 0) is 24.1 Å². The molecule has 0 bridgehead atoms. The lowest BCUT2D eigenvalue weighted by Gasteiger charge is -2.42. The Labute approximate surface area is 184 Å². The summed E-state index contributed by atoms with van der Waals surface area (Å²) in [6.45, 7) is 2.62. The van der Waals surface area contributed by atoms with E-state index < -0.39 is 74.6 Å². The standard InChI is InChI=1S/C21H30O11/c1-2-3-10-4-6-11(7-5-10)30-21-19(28)17(26)15(24)13(32-21)9-29-20-18(27)16(25)14(23)12(8-22)31-20/h2,4-7,12-28H,1,3,8-9H2/t12-,13+,14+,15+,16+,17-,18+,19+,20-,21+/m1/s1. The van der Waals surface area contributed by atoms with Gasteiger partial charge in [-0.3, -0.25) is 0 Å². The monoisotopic (exact) mass is 458 g/mol. The van der Waals surface area contributed by atoms with E-state index in [2.05, 4.69) is 6.58 Å². The molecule has 32 heavy (non-hydrogen) atoms. The summed E-state index contributed by atoms with van der Waals surface area (Å²) < 4.78 is 21.8. The third-order valence-corrected chi connectivity index (χ3v) is 5.50. The molecule has 10 atom stereocenters. The van der Waals surface area contributed by atoms with E-state index in [-0.39, 0.29) is 0 Å². The molecule has 2 fully saturated rings. The van der Waals surface area contributed by atoms with E-state index >= 15 is 0 Å². The molecular formula is C21H30O11. The van der Waals surface area contributed by atoms with Gasteiger partial charge in [-0.25, -0.2) is 0 Å². The Hall–Kier alpha value is -1.64. The van der Waals surface area contributed by atoms with Gasteiger partial charge in [0.2, 0.25) is 6.29 Å². The highest BCUT2D eigenvalue weighted by molar-refractivity contribution is 5.28. The van der Waals surface area contributed by atoms with Gasteiger partial charge < -0.3 is 54.7 Å². The fourth-order valence-corrected chi connectivity index (χ4v) is 3.55. The molecule has 0 amide bonds. The average molecular weight is 458 g/mol. The van der Waals surface area contributed by atoms with Gasteiger partial charge in [0.15, 0.2) is 6.29 Å². The van der Waals surface area contributed by atoms with Crippen molar-refractivity contribution in [3.05, 3.63) is 42.5 Å². The summed E-state index contributed by atoms with van der Waals surface area (Å²) in [5.41, 5.74) is 0.999. The number of ether oxygens (including phenoxy) is 4. The Kier molecular flexibility index (Phi) is 8.58. The second kappa shape index (κ2) is 11.0. The minimum atomic E-state index is -1.63. The van der Waals surface area contributed by atoms with E-state index in [4.69, 9.17) is 18.9 Å². The van der Waals surface area contributed by atoms with Crippen molar-refractivity contribution < 1.29 is 54.7 Å². The molecule has 0 unspecified atom stereocenters. The highest BCUT2D eigenvalue weighted by Crippen LogP contribution is 2.27. The minimum Gasteiger partial charge on any atom is -0.462 e. The fraction of sp³-hybridized carbons (Fsp3) is 0.619. The first kappa shape index (κ1) is 25.0. The molecule has 7 N–H and O–H groups in total. The SMILES string of the molecule is C=CCc1ccc(O[C@H]2O[C@@H](CO[C@@H]3O[C@H](CO)[C@H](O)[C@H](O)[C@@H]3O)[C@H](O)[C@@H](O)[C@@H]2O)cc1. The number of aliphatic hydroxyl groups is 7. The molecule has 11 heteroatoms. The smallest absolute Gasteiger partial charge is 0.229 e. The van der Waals surface area contributed by atoms with Crippen molar-refractivity contribution in [2.75, 3.05) is 13.2 Å². The third kappa shape index (κ3) is 5.46. The van der Waals surface area contributed by atoms with Crippen LogP contribution in [0.4, 0.5) is 0 Å². The fourth-order valence-electron chi connectivity index (χ4n) is 3.55. The number of aliphatic hydroxyl groups excluding tert-OH is 7. The van der Waals surface area contributed by atoms with Gasteiger partial charge in [0.05, 0.1) is 13.2 Å². The predicted molar refractivity (Wildman–Crippen MR) is 107 cm³/mol. The lowest BCUT2D eigenvalue weighted by atomic mass is 9.98. The maximum Gasteiger partial charge on any atom is 0.229 e. The van der Waals surface area contributed by atoms with E-state index in [0.717, 1.165) is 5.56 Å². The lowest BCUT2D eigenvalue weighted by Crippen LogP contribution is -2.62. The molecule has 0 radical (unpaired) electrons. The molecule has 2 aliphatic rings. The lowest BCUT2D eigenvalue weighted by molar-refractivity contribution is -0.323. The highest BCUT2D eigenvalue weighted by atomic mass is 16.7. The Morgan fingerprint density at radius 1 is 0.781 bits per heavy atom. The van der Waals surface area contributed by atoms with E-state index in [1.54, 1.807) is 30.3 Å². The molecule has 2 aliphatic heterocycles. The second-order valence-electron chi connectivity index (χ2n) is 7.80. The van der Waals surface area contributed by atoms with E-state index in [1.807, 2.05) is 0 Å². The van der Waals surface area contributed by atoms with Gasteiger partial charge >= 0.3 is 0 Å². The van der Waals surface area contributed by atoms with E-state index in [1.165, 1.54) is 0 Å². The molecule has 2 saturated heterocycles. The summed E-state index contributed by atoms with van der Waals surface area (Å²) in [6.07, 6.45) is -12.2. The van der Waals surface area contributed by atoms with Crippen LogP contribution < -0.4 is 4.74 Å². The van der Waals surface area contributed by atoms with Crippen LogP contribution in [0.25, 0.3) is 0 Å². The van der Waals surface area contributed by atoms with Crippen molar-refractivity contribution in [2.45, 2.75) is 67.8 Å². The Balaban J connectivity index is 1.62. The summed E-state index contributed by atoms with van der Waals surface area (Å²) in [5.74, 6) is 0.360. The zero-order valence-electron chi connectivity index (χ0n) is 17.3. The number of hydrogen-bond donors (Lipinski definition) is 7. The predicted octanol–water partition coefficient (Wildman–Crippen LogP) is -2.58. The molecule has 0 spiro atoms. The molecule has 1 aromatic rings. The first-order valence-corrected chi connectivity index (χ1v) is 10.2. The van der Waals surface area contributed by atoms with Crippen molar-refractivity contribution in [1.82, 2.24) is 0 Å². The van der Waals surface area contributed by atoms with Crippen molar-refractivity contribution >= 4 is 0 Å². The van der Waals surface area contributed by atoms with Gasteiger partial charge in [0.1, 0.15) is 54.6 Å². The highest BCUT2D eigenvalue weighted by Gasteiger charge is 2.47. The molecule has 0 aromatic heterocycles. The Bertz CT molecular complexity index is 727. The number of hydrogen-bond acceptors (Lipinski definition) is 11. The second-order valence-corrected chi connectivity index (χ2v) is 7.80. The van der Waals surface area contributed by atoms with Crippen LogP contribution in [0.15, 0.2) is 36.9 Å². The third-order valence-electron chi connectivity index (χ3n) is 5.50. The summed E-state index contributed by atoms with van der Waals surface area (Å²) in [7, 11) is 0. The first-order valence-electron chi connectivity index (χ1n) is 10.2. The van der Waals surface area contributed by atoms with Gasteiger partial charge in [0, 0.05) is 0 Å². The van der Waals surface area contributed by atoms with Gasteiger partial charge in [-0.1, -0.05) is 18.2 Å². The van der Waals surface area contributed by atoms with Crippen LogP contribution in [-0.4, -0.2) is 110 Å².